The Morgan fingerprint density at radius 3 is 2.45 bits per heavy atom. The normalized spacial score (nSPS) is 12.6. The van der Waals surface area contributed by atoms with Crippen molar-refractivity contribution < 1.29 is 9.59 Å². The summed E-state index contributed by atoms with van der Waals surface area (Å²) in [4.78, 5) is 25.3. The van der Waals surface area contributed by atoms with Gasteiger partial charge in [0, 0.05) is 17.1 Å². The maximum absolute atomic E-state index is 12.9. The van der Waals surface area contributed by atoms with E-state index in [1.54, 1.807) is 12.1 Å². The second kappa shape index (κ2) is 10.9. The van der Waals surface area contributed by atoms with Crippen LogP contribution in [0.25, 0.3) is 10.6 Å². The number of benzene rings is 2. The Morgan fingerprint density at radius 2 is 1.77 bits per heavy atom. The van der Waals surface area contributed by atoms with Gasteiger partial charge in [-0.05, 0) is 23.6 Å². The molecule has 31 heavy (non-hydrogen) atoms. The molecule has 0 fully saturated rings. The van der Waals surface area contributed by atoms with Gasteiger partial charge in [-0.2, -0.15) is 0 Å². The number of amides is 3. The van der Waals surface area contributed by atoms with Gasteiger partial charge in [0.15, 0.2) is 0 Å². The highest BCUT2D eigenvalue weighted by Crippen LogP contribution is 2.27. The summed E-state index contributed by atoms with van der Waals surface area (Å²) in [7, 11) is 0. The molecule has 0 bridgehead atoms. The van der Waals surface area contributed by atoms with Gasteiger partial charge < -0.3 is 10.6 Å². The van der Waals surface area contributed by atoms with E-state index in [2.05, 4.69) is 26.1 Å². The average Bonchev–Trinajstić information content (AvgIpc) is 3.25. The zero-order valence-corrected chi connectivity index (χ0v) is 18.8. The molecule has 2 unspecified atom stereocenters. The topological polar surface area (TPSA) is 96.0 Å². The van der Waals surface area contributed by atoms with Crippen LogP contribution in [-0.4, -0.2) is 28.2 Å². The van der Waals surface area contributed by atoms with Crippen LogP contribution in [0.4, 0.5) is 9.93 Å². The van der Waals surface area contributed by atoms with Crippen molar-refractivity contribution in [2.24, 2.45) is 5.92 Å². The number of nitrogens with zero attached hydrogens (tertiary/aromatic N) is 2. The lowest BCUT2D eigenvalue weighted by Gasteiger charge is -2.23. The van der Waals surface area contributed by atoms with Crippen molar-refractivity contribution in [3.63, 3.8) is 0 Å². The highest BCUT2D eigenvalue weighted by atomic mass is 35.5. The van der Waals surface area contributed by atoms with Crippen molar-refractivity contribution in [3.05, 3.63) is 65.2 Å². The van der Waals surface area contributed by atoms with Crippen LogP contribution < -0.4 is 16.0 Å². The highest BCUT2D eigenvalue weighted by molar-refractivity contribution is 7.18. The van der Waals surface area contributed by atoms with Gasteiger partial charge in [0.05, 0.1) is 0 Å². The summed E-state index contributed by atoms with van der Waals surface area (Å²) in [5.74, 6) is -0.394. The number of urea groups is 1. The molecule has 2 aromatic carbocycles. The van der Waals surface area contributed by atoms with Crippen molar-refractivity contribution >= 4 is 40.0 Å². The number of halogens is 1. The fourth-order valence-corrected chi connectivity index (χ4v) is 3.72. The molecule has 162 valence electrons. The monoisotopic (exact) mass is 457 g/mol. The molecule has 1 aromatic heterocycles. The Bertz CT molecular complexity index is 1010. The standard InChI is InChI=1S/C22H24ClN5O2S/c1-3-14(2)18(25-21(30)24-13-15-7-5-4-6-8-15)19(29)26-22-28-27-20(31-22)16-9-11-17(23)12-10-16/h4-12,14,18H,3,13H2,1-2H3,(H2,24,25,30)(H,26,28,29). The van der Waals surface area contributed by atoms with Crippen LogP contribution in [0.5, 0.6) is 0 Å². The van der Waals surface area contributed by atoms with E-state index >= 15 is 0 Å². The fourth-order valence-electron chi connectivity index (χ4n) is 2.84. The first-order valence-corrected chi connectivity index (χ1v) is 11.1. The lowest BCUT2D eigenvalue weighted by atomic mass is 9.98. The van der Waals surface area contributed by atoms with Gasteiger partial charge in [-0.1, -0.05) is 85.7 Å². The first-order valence-electron chi connectivity index (χ1n) is 9.95. The van der Waals surface area contributed by atoms with Crippen molar-refractivity contribution in [2.75, 3.05) is 5.32 Å². The van der Waals surface area contributed by atoms with Gasteiger partial charge in [0.2, 0.25) is 11.0 Å². The summed E-state index contributed by atoms with van der Waals surface area (Å²) in [5.41, 5.74) is 1.84. The van der Waals surface area contributed by atoms with Crippen molar-refractivity contribution in [1.82, 2.24) is 20.8 Å². The predicted molar refractivity (Wildman–Crippen MR) is 124 cm³/mol. The molecule has 0 aliphatic heterocycles. The summed E-state index contributed by atoms with van der Waals surface area (Å²) in [6.07, 6.45) is 0.725. The van der Waals surface area contributed by atoms with Crippen LogP contribution in [0, 0.1) is 5.92 Å². The largest absolute Gasteiger partial charge is 0.334 e. The molecule has 9 heteroatoms. The summed E-state index contributed by atoms with van der Waals surface area (Å²) < 4.78 is 0. The van der Waals surface area contributed by atoms with E-state index < -0.39 is 12.1 Å². The fraction of sp³-hybridized carbons (Fsp3) is 0.273. The molecular formula is C22H24ClN5O2S. The minimum absolute atomic E-state index is 0.0638. The second-order valence-electron chi connectivity index (χ2n) is 7.08. The Kier molecular flexibility index (Phi) is 7.97. The first kappa shape index (κ1) is 22.7. The molecule has 0 aliphatic rings. The minimum atomic E-state index is -0.705. The molecular weight excluding hydrogens is 434 g/mol. The lowest BCUT2D eigenvalue weighted by Crippen LogP contribution is -2.50. The molecule has 3 N–H and O–H groups in total. The molecule has 0 saturated heterocycles. The van der Waals surface area contributed by atoms with Gasteiger partial charge in [-0.25, -0.2) is 4.79 Å². The van der Waals surface area contributed by atoms with Crippen molar-refractivity contribution in [3.8, 4) is 10.6 Å². The van der Waals surface area contributed by atoms with Crippen molar-refractivity contribution in [2.45, 2.75) is 32.9 Å². The molecule has 2 atom stereocenters. The number of hydrogen-bond donors (Lipinski definition) is 3. The number of carbonyl (C=O) groups is 2. The molecule has 0 spiro atoms. The zero-order valence-electron chi connectivity index (χ0n) is 17.3. The molecule has 0 radical (unpaired) electrons. The third kappa shape index (κ3) is 6.50. The van der Waals surface area contributed by atoms with E-state index in [4.69, 9.17) is 11.6 Å². The number of anilines is 1. The summed E-state index contributed by atoms with van der Waals surface area (Å²) in [6, 6.07) is 15.7. The molecule has 0 aliphatic carbocycles. The van der Waals surface area contributed by atoms with E-state index in [9.17, 15) is 9.59 Å². The van der Waals surface area contributed by atoms with Crippen LogP contribution in [0.2, 0.25) is 5.02 Å². The Balaban J connectivity index is 1.62. The molecule has 0 saturated carbocycles. The third-order valence-corrected chi connectivity index (χ3v) is 5.96. The third-order valence-electron chi connectivity index (χ3n) is 4.82. The quantitative estimate of drug-likeness (QED) is 0.456. The second-order valence-corrected chi connectivity index (χ2v) is 8.50. The molecule has 3 aromatic rings. The van der Waals surface area contributed by atoms with E-state index in [1.165, 1.54) is 11.3 Å². The smallest absolute Gasteiger partial charge is 0.315 e. The van der Waals surface area contributed by atoms with Gasteiger partial charge in [-0.15, -0.1) is 10.2 Å². The number of aromatic nitrogens is 2. The number of hydrogen-bond acceptors (Lipinski definition) is 5. The van der Waals surface area contributed by atoms with Crippen LogP contribution in [0.3, 0.4) is 0 Å². The van der Waals surface area contributed by atoms with Crippen LogP contribution >= 0.6 is 22.9 Å². The predicted octanol–water partition coefficient (Wildman–Crippen LogP) is 4.71. The maximum Gasteiger partial charge on any atom is 0.315 e. The Morgan fingerprint density at radius 1 is 1.06 bits per heavy atom. The Labute approximate surface area is 190 Å². The van der Waals surface area contributed by atoms with Gasteiger partial charge in [-0.3, -0.25) is 10.1 Å². The summed E-state index contributed by atoms with van der Waals surface area (Å²) in [6.45, 7) is 4.27. The number of rotatable bonds is 8. The Hall–Kier alpha value is -2.97. The van der Waals surface area contributed by atoms with E-state index in [1.807, 2.05) is 56.3 Å². The number of carbonyl (C=O) groups excluding carboxylic acids is 2. The number of nitrogens with one attached hydrogen (secondary N) is 3. The summed E-state index contributed by atoms with van der Waals surface area (Å²) >= 11 is 7.18. The van der Waals surface area contributed by atoms with Gasteiger partial charge in [0.25, 0.3) is 0 Å². The van der Waals surface area contributed by atoms with Gasteiger partial charge in [0.1, 0.15) is 11.0 Å². The maximum atomic E-state index is 12.9. The van der Waals surface area contributed by atoms with E-state index in [0.717, 1.165) is 17.5 Å². The molecule has 7 nitrogen and oxygen atoms in total. The molecule has 1 heterocycles. The first-order chi connectivity index (χ1) is 15.0. The van der Waals surface area contributed by atoms with Gasteiger partial charge >= 0.3 is 6.03 Å². The van der Waals surface area contributed by atoms with Crippen molar-refractivity contribution in [1.29, 1.82) is 0 Å². The molecule has 3 amide bonds. The summed E-state index contributed by atoms with van der Waals surface area (Å²) in [5, 5.41) is 18.2. The average molecular weight is 458 g/mol. The van der Waals surface area contributed by atoms with Crippen LogP contribution in [0.1, 0.15) is 25.8 Å². The zero-order chi connectivity index (χ0) is 22.2. The van der Waals surface area contributed by atoms with E-state index in [0.29, 0.717) is 21.7 Å². The van der Waals surface area contributed by atoms with E-state index in [-0.39, 0.29) is 11.8 Å². The minimum Gasteiger partial charge on any atom is -0.334 e. The van der Waals surface area contributed by atoms with Crippen LogP contribution in [-0.2, 0) is 11.3 Å². The molecule has 3 rings (SSSR count). The van der Waals surface area contributed by atoms with Crippen LogP contribution in [0.15, 0.2) is 54.6 Å². The highest BCUT2D eigenvalue weighted by Gasteiger charge is 2.27. The lowest BCUT2D eigenvalue weighted by molar-refractivity contribution is -0.119. The SMILES string of the molecule is CCC(C)C(NC(=O)NCc1ccccc1)C(=O)Nc1nnc(-c2ccc(Cl)cc2)s1.